The van der Waals surface area contributed by atoms with Crippen LogP contribution in [0.4, 0.5) is 0 Å². The number of carbonyl (C=O) groups excluding carboxylic acids is 3. The van der Waals surface area contributed by atoms with Crippen molar-refractivity contribution in [3.8, 4) is 0 Å². The van der Waals surface area contributed by atoms with Gasteiger partial charge in [0.15, 0.2) is 0 Å². The van der Waals surface area contributed by atoms with Gasteiger partial charge in [0.2, 0.25) is 5.91 Å². The maximum absolute atomic E-state index is 12.5. The Kier molecular flexibility index (Phi) is 7.53. The highest BCUT2D eigenvalue weighted by atomic mass is 79.9. The van der Waals surface area contributed by atoms with Crippen LogP contribution < -0.4 is 5.32 Å². The first-order valence-electron chi connectivity index (χ1n) is 8.30. The second kappa shape index (κ2) is 9.87. The smallest absolute Gasteiger partial charge is 0.251 e. The van der Waals surface area contributed by atoms with Crippen LogP contribution >= 0.6 is 15.9 Å². The average Bonchev–Trinajstić information content (AvgIpc) is 2.63. The van der Waals surface area contributed by atoms with Crippen molar-refractivity contribution in [2.45, 2.75) is 19.9 Å². The third-order valence-corrected chi connectivity index (χ3v) is 4.24. The molecule has 0 aromatic heterocycles. The van der Waals surface area contributed by atoms with Crippen LogP contribution in [0.5, 0.6) is 0 Å². The van der Waals surface area contributed by atoms with Gasteiger partial charge in [-0.15, -0.1) is 0 Å². The van der Waals surface area contributed by atoms with Gasteiger partial charge in [-0.2, -0.15) is 0 Å². The van der Waals surface area contributed by atoms with E-state index in [9.17, 15) is 14.4 Å². The highest BCUT2D eigenvalue weighted by Gasteiger charge is 2.16. The Hall–Kier alpha value is -2.47. The Morgan fingerprint density at radius 3 is 2.27 bits per heavy atom. The lowest BCUT2D eigenvalue weighted by molar-refractivity contribution is -0.135. The molecule has 1 N–H and O–H groups in total. The van der Waals surface area contributed by atoms with E-state index in [1.54, 1.807) is 24.3 Å². The molecule has 2 rings (SSSR count). The van der Waals surface area contributed by atoms with Crippen LogP contribution in [0.25, 0.3) is 0 Å². The van der Waals surface area contributed by atoms with Crippen molar-refractivity contribution in [3.63, 3.8) is 0 Å². The van der Waals surface area contributed by atoms with Crippen molar-refractivity contribution in [3.05, 3.63) is 70.2 Å². The maximum atomic E-state index is 12.5. The molecule has 0 saturated heterocycles. The fraction of sp³-hybridized carbons (Fsp3) is 0.250. The number of carbonyl (C=O) groups is 3. The van der Waals surface area contributed by atoms with Gasteiger partial charge in [0.1, 0.15) is 5.78 Å². The number of rotatable bonds is 8. The minimum Gasteiger partial charge on any atom is -0.352 e. The number of hydrogen-bond donors (Lipinski definition) is 1. The van der Waals surface area contributed by atoms with Gasteiger partial charge in [-0.3, -0.25) is 14.4 Å². The van der Waals surface area contributed by atoms with Gasteiger partial charge < -0.3 is 10.2 Å². The van der Waals surface area contributed by atoms with Crippen LogP contribution in [0, 0.1) is 0 Å². The molecule has 2 amide bonds. The summed E-state index contributed by atoms with van der Waals surface area (Å²) in [6.07, 6.45) is 0.141. The Morgan fingerprint density at radius 1 is 1.00 bits per heavy atom. The second-order valence-corrected chi connectivity index (χ2v) is 6.87. The molecule has 136 valence electrons. The Balaban J connectivity index is 1.90. The summed E-state index contributed by atoms with van der Waals surface area (Å²) in [5.74, 6) is -0.468. The van der Waals surface area contributed by atoms with Crippen molar-refractivity contribution in [2.24, 2.45) is 0 Å². The molecule has 0 atom stereocenters. The Bertz CT molecular complexity index is 760. The largest absolute Gasteiger partial charge is 0.352 e. The number of amides is 2. The van der Waals surface area contributed by atoms with Crippen LogP contribution in [0.3, 0.4) is 0 Å². The summed E-state index contributed by atoms with van der Waals surface area (Å²) < 4.78 is 0.953. The minimum atomic E-state index is -0.218. The number of ketones is 1. The van der Waals surface area contributed by atoms with Crippen LogP contribution in [0.15, 0.2) is 59.1 Å². The summed E-state index contributed by atoms with van der Waals surface area (Å²) >= 11 is 3.37. The van der Waals surface area contributed by atoms with E-state index < -0.39 is 0 Å². The molecule has 5 nitrogen and oxygen atoms in total. The molecule has 0 heterocycles. The normalized spacial score (nSPS) is 10.2. The number of hydrogen-bond acceptors (Lipinski definition) is 3. The van der Waals surface area contributed by atoms with Gasteiger partial charge in [-0.25, -0.2) is 0 Å². The number of nitrogens with zero attached hydrogens (tertiary/aromatic N) is 1. The molecule has 0 aliphatic carbocycles. The van der Waals surface area contributed by atoms with Crippen molar-refractivity contribution < 1.29 is 14.4 Å². The zero-order valence-electron chi connectivity index (χ0n) is 14.6. The SMILES string of the molecule is CC(=O)CN(Cc1ccc(Br)cc1)C(=O)CCNC(=O)c1ccccc1. The summed E-state index contributed by atoms with van der Waals surface area (Å²) in [6, 6.07) is 16.4. The Labute approximate surface area is 161 Å². The van der Waals surface area contributed by atoms with Gasteiger partial charge in [0.05, 0.1) is 6.54 Å². The zero-order valence-corrected chi connectivity index (χ0v) is 16.2. The zero-order chi connectivity index (χ0) is 18.9. The summed E-state index contributed by atoms with van der Waals surface area (Å²) in [6.45, 7) is 2.10. The molecular formula is C20H21BrN2O3. The third kappa shape index (κ3) is 6.44. The predicted octanol–water partition coefficient (Wildman–Crippen LogP) is 3.19. The standard InChI is InChI=1S/C20H21BrN2O3/c1-15(24)13-23(14-16-7-9-18(21)10-8-16)19(25)11-12-22-20(26)17-5-3-2-4-6-17/h2-10H,11-14H2,1H3,(H,22,26). The van der Waals surface area contributed by atoms with Crippen LogP contribution in [-0.4, -0.2) is 35.6 Å². The van der Waals surface area contributed by atoms with E-state index in [1.165, 1.54) is 11.8 Å². The molecule has 2 aromatic rings. The van der Waals surface area contributed by atoms with Crippen LogP contribution in [0.1, 0.15) is 29.3 Å². The molecule has 0 spiro atoms. The fourth-order valence-electron chi connectivity index (χ4n) is 2.44. The number of benzene rings is 2. The predicted molar refractivity (Wildman–Crippen MR) is 104 cm³/mol. The van der Waals surface area contributed by atoms with Gasteiger partial charge in [-0.05, 0) is 36.8 Å². The maximum Gasteiger partial charge on any atom is 0.251 e. The molecule has 0 fully saturated rings. The molecule has 2 aromatic carbocycles. The lowest BCUT2D eigenvalue weighted by Crippen LogP contribution is -2.37. The fourth-order valence-corrected chi connectivity index (χ4v) is 2.71. The van der Waals surface area contributed by atoms with E-state index in [0.717, 1.165) is 10.0 Å². The summed E-state index contributed by atoms with van der Waals surface area (Å²) in [5, 5.41) is 2.73. The van der Waals surface area contributed by atoms with Crippen molar-refractivity contribution in [1.29, 1.82) is 0 Å². The lowest BCUT2D eigenvalue weighted by atomic mass is 10.2. The van der Waals surface area contributed by atoms with Crippen LogP contribution in [-0.2, 0) is 16.1 Å². The van der Waals surface area contributed by atoms with Gasteiger partial charge in [-0.1, -0.05) is 46.3 Å². The van der Waals surface area contributed by atoms with E-state index in [0.29, 0.717) is 12.1 Å². The van der Waals surface area contributed by atoms with Crippen LogP contribution in [0.2, 0.25) is 0 Å². The molecule has 6 heteroatoms. The molecule has 26 heavy (non-hydrogen) atoms. The van der Waals surface area contributed by atoms with E-state index in [2.05, 4.69) is 21.2 Å². The van der Waals surface area contributed by atoms with E-state index in [-0.39, 0.29) is 37.1 Å². The molecule has 0 radical (unpaired) electrons. The van der Waals surface area contributed by atoms with Gasteiger partial charge in [0.25, 0.3) is 5.91 Å². The van der Waals surface area contributed by atoms with Crippen molar-refractivity contribution in [2.75, 3.05) is 13.1 Å². The molecule has 0 aliphatic heterocycles. The molecule has 0 bridgehead atoms. The number of Topliss-reactive ketones (excluding diaryl/α,β-unsaturated/α-hetero) is 1. The topological polar surface area (TPSA) is 66.5 Å². The quantitative estimate of drug-likeness (QED) is 0.718. The van der Waals surface area contributed by atoms with E-state index in [4.69, 9.17) is 0 Å². The molecule has 0 unspecified atom stereocenters. The highest BCUT2D eigenvalue weighted by Crippen LogP contribution is 2.13. The first-order chi connectivity index (χ1) is 12.5. The summed E-state index contributed by atoms with van der Waals surface area (Å²) in [7, 11) is 0. The molecular weight excluding hydrogens is 396 g/mol. The minimum absolute atomic E-state index is 0.0571. The lowest BCUT2D eigenvalue weighted by Gasteiger charge is -2.22. The highest BCUT2D eigenvalue weighted by molar-refractivity contribution is 9.10. The summed E-state index contributed by atoms with van der Waals surface area (Å²) in [4.78, 5) is 37.5. The van der Waals surface area contributed by atoms with E-state index in [1.807, 2.05) is 30.3 Å². The van der Waals surface area contributed by atoms with Gasteiger partial charge >= 0.3 is 0 Å². The van der Waals surface area contributed by atoms with Crippen molar-refractivity contribution >= 4 is 33.5 Å². The molecule has 0 aliphatic rings. The second-order valence-electron chi connectivity index (χ2n) is 5.95. The van der Waals surface area contributed by atoms with Gasteiger partial charge in [0, 0.05) is 29.5 Å². The first-order valence-corrected chi connectivity index (χ1v) is 9.10. The van der Waals surface area contributed by atoms with E-state index >= 15 is 0 Å². The average molecular weight is 417 g/mol. The van der Waals surface area contributed by atoms with Crippen molar-refractivity contribution in [1.82, 2.24) is 10.2 Å². The Morgan fingerprint density at radius 2 is 1.65 bits per heavy atom. The monoisotopic (exact) mass is 416 g/mol. The first kappa shape index (κ1) is 19.8. The third-order valence-electron chi connectivity index (χ3n) is 3.71. The number of nitrogens with one attached hydrogen (secondary N) is 1. The summed E-state index contributed by atoms with van der Waals surface area (Å²) in [5.41, 5.74) is 1.49. The molecule has 0 saturated carbocycles. The number of halogens is 1.